The van der Waals surface area contributed by atoms with Gasteiger partial charge in [0.25, 0.3) is 0 Å². The van der Waals surface area contributed by atoms with E-state index >= 15 is 0 Å². The van der Waals surface area contributed by atoms with Gasteiger partial charge in [0.1, 0.15) is 5.82 Å². The third kappa shape index (κ3) is 5.57. The summed E-state index contributed by atoms with van der Waals surface area (Å²) in [5.41, 5.74) is 2.48. The summed E-state index contributed by atoms with van der Waals surface area (Å²) in [5, 5.41) is 3.25. The first-order chi connectivity index (χ1) is 15.6. The number of likely N-dealkylation sites (tertiary alicyclic amines) is 1. The van der Waals surface area contributed by atoms with E-state index < -0.39 is 5.41 Å². The summed E-state index contributed by atoms with van der Waals surface area (Å²) in [7, 11) is 0. The molecule has 2 fully saturated rings. The number of ether oxygens (including phenoxy) is 1. The Labute approximate surface area is 191 Å². The van der Waals surface area contributed by atoms with Gasteiger partial charge in [-0.15, -0.1) is 0 Å². The van der Waals surface area contributed by atoms with Crippen molar-refractivity contribution in [1.82, 2.24) is 10.2 Å². The zero-order chi connectivity index (χ0) is 22.4. The number of hydrogen-bond acceptors (Lipinski definition) is 3. The molecule has 4 rings (SSSR count). The van der Waals surface area contributed by atoms with Crippen molar-refractivity contribution in [1.29, 1.82) is 0 Å². The molecule has 2 aliphatic heterocycles. The minimum atomic E-state index is -0.452. The van der Waals surface area contributed by atoms with Gasteiger partial charge in [-0.25, -0.2) is 4.39 Å². The van der Waals surface area contributed by atoms with E-state index in [1.165, 1.54) is 25.3 Å². The van der Waals surface area contributed by atoms with E-state index in [1.807, 2.05) is 18.2 Å². The minimum absolute atomic E-state index is 0.140. The molecule has 172 valence electrons. The minimum Gasteiger partial charge on any atom is -0.381 e. The summed E-state index contributed by atoms with van der Waals surface area (Å²) in [6.45, 7) is 6.24. The average Bonchev–Trinajstić information content (AvgIpc) is 2.81. The Morgan fingerprint density at radius 1 is 1.12 bits per heavy atom. The molecule has 0 saturated carbocycles. The highest BCUT2D eigenvalue weighted by atomic mass is 19.1. The van der Waals surface area contributed by atoms with Crippen molar-refractivity contribution in [2.45, 2.75) is 51.5 Å². The third-order valence-electron chi connectivity index (χ3n) is 7.18. The van der Waals surface area contributed by atoms with Crippen LogP contribution in [0.4, 0.5) is 4.39 Å². The number of carbonyl (C=O) groups is 1. The Balaban J connectivity index is 1.44. The van der Waals surface area contributed by atoms with Crippen molar-refractivity contribution in [3.05, 3.63) is 59.9 Å². The molecule has 0 unspecified atom stereocenters. The molecule has 0 aromatic heterocycles. The molecule has 0 bridgehead atoms. The highest BCUT2D eigenvalue weighted by Gasteiger charge is 2.40. The lowest BCUT2D eigenvalue weighted by Gasteiger charge is -2.37. The van der Waals surface area contributed by atoms with Gasteiger partial charge in [-0.3, -0.25) is 9.69 Å². The van der Waals surface area contributed by atoms with Gasteiger partial charge < -0.3 is 10.1 Å². The van der Waals surface area contributed by atoms with Crippen LogP contribution in [0.3, 0.4) is 0 Å². The number of amides is 1. The fourth-order valence-electron chi connectivity index (χ4n) is 5.16. The van der Waals surface area contributed by atoms with Crippen molar-refractivity contribution in [3.8, 4) is 11.1 Å². The monoisotopic (exact) mass is 438 g/mol. The zero-order valence-corrected chi connectivity index (χ0v) is 19.1. The van der Waals surface area contributed by atoms with E-state index in [2.05, 4.69) is 29.3 Å². The third-order valence-corrected chi connectivity index (χ3v) is 7.18. The number of carbonyl (C=O) groups excluding carboxylic acids is 1. The van der Waals surface area contributed by atoms with Gasteiger partial charge in [0.15, 0.2) is 0 Å². The number of rotatable bonds is 7. The van der Waals surface area contributed by atoms with Crippen molar-refractivity contribution in [2.75, 3.05) is 32.8 Å². The van der Waals surface area contributed by atoms with E-state index in [9.17, 15) is 9.18 Å². The van der Waals surface area contributed by atoms with Gasteiger partial charge in [-0.1, -0.05) is 42.8 Å². The van der Waals surface area contributed by atoms with Crippen LogP contribution in [0.1, 0.15) is 44.6 Å². The Morgan fingerprint density at radius 2 is 1.88 bits per heavy atom. The number of hydrogen-bond donors (Lipinski definition) is 1. The quantitative estimate of drug-likeness (QED) is 0.674. The van der Waals surface area contributed by atoms with Crippen LogP contribution in [0.25, 0.3) is 11.1 Å². The first-order valence-electron chi connectivity index (χ1n) is 12.0. The molecule has 2 saturated heterocycles. The summed E-state index contributed by atoms with van der Waals surface area (Å²) in [5.74, 6) is -0.0992. The van der Waals surface area contributed by atoms with Crippen LogP contribution < -0.4 is 5.32 Å². The van der Waals surface area contributed by atoms with Crippen LogP contribution in [0.5, 0.6) is 0 Å². The molecule has 0 radical (unpaired) electrons. The van der Waals surface area contributed by atoms with Crippen LogP contribution >= 0.6 is 0 Å². The average molecular weight is 439 g/mol. The molecule has 32 heavy (non-hydrogen) atoms. The zero-order valence-electron chi connectivity index (χ0n) is 19.1. The maximum Gasteiger partial charge on any atom is 0.226 e. The van der Waals surface area contributed by atoms with Crippen LogP contribution in [0.15, 0.2) is 48.5 Å². The molecule has 2 aliphatic rings. The SMILES string of the molecule is C[C@@H]1CCCCN1CCNC(=O)C1(Cc2cccc(-c3cccc(F)c3)c2)CCOCC1. The van der Waals surface area contributed by atoms with Gasteiger partial charge in [0, 0.05) is 32.3 Å². The smallest absolute Gasteiger partial charge is 0.226 e. The second-order valence-corrected chi connectivity index (χ2v) is 9.42. The van der Waals surface area contributed by atoms with Gasteiger partial charge in [0.05, 0.1) is 5.41 Å². The Kier molecular flexibility index (Phi) is 7.59. The van der Waals surface area contributed by atoms with Crippen molar-refractivity contribution in [2.24, 2.45) is 5.41 Å². The van der Waals surface area contributed by atoms with E-state index in [4.69, 9.17) is 4.74 Å². The Morgan fingerprint density at radius 3 is 2.62 bits per heavy atom. The molecule has 0 spiro atoms. The topological polar surface area (TPSA) is 41.6 Å². The Bertz CT molecular complexity index is 910. The number of halogens is 1. The maximum absolute atomic E-state index is 13.7. The van der Waals surface area contributed by atoms with Crippen LogP contribution in [-0.2, 0) is 16.0 Å². The first-order valence-corrected chi connectivity index (χ1v) is 12.0. The highest BCUT2D eigenvalue weighted by molar-refractivity contribution is 5.83. The number of benzene rings is 2. The van der Waals surface area contributed by atoms with Crippen molar-refractivity contribution >= 4 is 5.91 Å². The van der Waals surface area contributed by atoms with Gasteiger partial charge in [-0.2, -0.15) is 0 Å². The summed E-state index contributed by atoms with van der Waals surface area (Å²) < 4.78 is 19.3. The number of nitrogens with one attached hydrogen (secondary N) is 1. The molecule has 0 aliphatic carbocycles. The van der Waals surface area contributed by atoms with E-state index in [-0.39, 0.29) is 11.7 Å². The predicted octanol–water partition coefficient (Wildman–Crippen LogP) is 4.82. The van der Waals surface area contributed by atoms with Crippen molar-refractivity contribution in [3.63, 3.8) is 0 Å². The molecule has 4 nitrogen and oxygen atoms in total. The number of piperidine rings is 1. The van der Waals surface area contributed by atoms with E-state index in [1.54, 1.807) is 12.1 Å². The van der Waals surface area contributed by atoms with Gasteiger partial charge in [0.2, 0.25) is 5.91 Å². The highest BCUT2D eigenvalue weighted by Crippen LogP contribution is 2.35. The second kappa shape index (κ2) is 10.6. The van der Waals surface area contributed by atoms with Crippen molar-refractivity contribution < 1.29 is 13.9 Å². The molecule has 1 N–H and O–H groups in total. The van der Waals surface area contributed by atoms with Crippen LogP contribution in [0, 0.1) is 11.2 Å². The molecule has 5 heteroatoms. The van der Waals surface area contributed by atoms with Gasteiger partial charge >= 0.3 is 0 Å². The second-order valence-electron chi connectivity index (χ2n) is 9.42. The maximum atomic E-state index is 13.7. The molecule has 1 atom stereocenters. The summed E-state index contributed by atoms with van der Waals surface area (Å²) in [6, 6.07) is 15.4. The molecule has 1 amide bonds. The lowest BCUT2D eigenvalue weighted by Crippen LogP contribution is -2.49. The van der Waals surface area contributed by atoms with Crippen LogP contribution in [-0.4, -0.2) is 49.7 Å². The number of nitrogens with zero attached hydrogens (tertiary/aromatic N) is 1. The summed E-state index contributed by atoms with van der Waals surface area (Å²) in [4.78, 5) is 15.9. The molecular formula is C27H35FN2O2. The Hall–Kier alpha value is -2.24. The summed E-state index contributed by atoms with van der Waals surface area (Å²) >= 11 is 0. The lowest BCUT2D eigenvalue weighted by atomic mass is 9.74. The van der Waals surface area contributed by atoms with Gasteiger partial charge in [-0.05, 0) is 74.4 Å². The fraction of sp³-hybridized carbons (Fsp3) is 0.519. The molecule has 2 aromatic rings. The molecule has 2 heterocycles. The molecule has 2 aromatic carbocycles. The first kappa shape index (κ1) is 22.9. The van der Waals surface area contributed by atoms with E-state index in [0.717, 1.165) is 42.6 Å². The molecular weight excluding hydrogens is 403 g/mol. The summed E-state index contributed by atoms with van der Waals surface area (Å²) in [6.07, 6.45) is 5.93. The van der Waals surface area contributed by atoms with E-state index in [0.29, 0.717) is 32.2 Å². The standard InChI is InChI=1S/C27H35FN2O2/c1-21-6-2-3-14-30(21)15-13-29-26(31)27(11-16-32-17-12-27)20-22-7-4-8-23(18-22)24-9-5-10-25(28)19-24/h4-5,7-10,18-19,21H,2-3,6,11-17,20H2,1H3,(H,29,31)/t21-/m1/s1. The largest absolute Gasteiger partial charge is 0.381 e. The van der Waals surface area contributed by atoms with Crippen LogP contribution in [0.2, 0.25) is 0 Å². The fourth-order valence-corrected chi connectivity index (χ4v) is 5.16. The predicted molar refractivity (Wildman–Crippen MR) is 126 cm³/mol. The normalized spacial score (nSPS) is 21.2. The lowest BCUT2D eigenvalue weighted by molar-refractivity contribution is -0.136.